The Morgan fingerprint density at radius 3 is 1.88 bits per heavy atom. The SMILES string of the molecule is C=CC(=O)OCCOC(=C)/C=C(N)\C(=C/CC)OCCOC(=O)C=C. The van der Waals surface area contributed by atoms with Crippen molar-refractivity contribution in [3.8, 4) is 0 Å². The zero-order valence-electron chi connectivity index (χ0n) is 14.5. The molecular weight excluding hydrogens is 326 g/mol. The maximum absolute atomic E-state index is 10.9. The molecule has 0 amide bonds. The van der Waals surface area contributed by atoms with E-state index in [1.54, 1.807) is 6.08 Å². The van der Waals surface area contributed by atoms with Gasteiger partial charge in [0.05, 0.1) is 5.70 Å². The average molecular weight is 351 g/mol. The van der Waals surface area contributed by atoms with Gasteiger partial charge in [0, 0.05) is 18.2 Å². The Labute approximate surface area is 148 Å². The van der Waals surface area contributed by atoms with Crippen molar-refractivity contribution < 1.29 is 28.5 Å². The topological polar surface area (TPSA) is 97.1 Å². The summed E-state index contributed by atoms with van der Waals surface area (Å²) < 4.78 is 20.4. The molecule has 0 heterocycles. The molecule has 0 aliphatic heterocycles. The Bertz CT molecular complexity index is 548. The molecule has 25 heavy (non-hydrogen) atoms. The average Bonchev–Trinajstić information content (AvgIpc) is 2.60. The first-order valence-corrected chi connectivity index (χ1v) is 7.65. The zero-order valence-corrected chi connectivity index (χ0v) is 14.5. The molecule has 0 rings (SSSR count). The monoisotopic (exact) mass is 351 g/mol. The first-order chi connectivity index (χ1) is 11.9. The van der Waals surface area contributed by atoms with Crippen LogP contribution >= 0.6 is 0 Å². The fraction of sp³-hybridized carbons (Fsp3) is 0.333. The van der Waals surface area contributed by atoms with E-state index in [0.717, 1.165) is 12.2 Å². The lowest BCUT2D eigenvalue weighted by atomic mass is 10.2. The molecule has 0 aromatic rings. The lowest BCUT2D eigenvalue weighted by molar-refractivity contribution is -0.139. The van der Waals surface area contributed by atoms with Crippen molar-refractivity contribution in [3.05, 3.63) is 61.3 Å². The van der Waals surface area contributed by atoms with Crippen LogP contribution in [0.5, 0.6) is 0 Å². The van der Waals surface area contributed by atoms with E-state index in [0.29, 0.717) is 17.9 Å². The molecule has 0 fully saturated rings. The number of nitrogens with two attached hydrogens (primary N) is 1. The molecule has 2 N–H and O–H groups in total. The van der Waals surface area contributed by atoms with Gasteiger partial charge in [-0.05, 0) is 12.5 Å². The number of esters is 2. The molecular formula is C18H25NO6. The number of rotatable bonds is 13. The smallest absolute Gasteiger partial charge is 0.330 e. The van der Waals surface area contributed by atoms with E-state index in [2.05, 4.69) is 19.7 Å². The molecule has 7 heteroatoms. The summed E-state index contributed by atoms with van der Waals surface area (Å²) in [6.45, 7) is 12.6. The minimum absolute atomic E-state index is 0.0699. The fourth-order valence-electron chi connectivity index (χ4n) is 1.46. The minimum Gasteiger partial charge on any atom is -0.491 e. The third-order valence-electron chi connectivity index (χ3n) is 2.52. The van der Waals surface area contributed by atoms with Crippen molar-refractivity contribution in [2.75, 3.05) is 26.4 Å². The van der Waals surface area contributed by atoms with Gasteiger partial charge in [0.15, 0.2) is 0 Å². The van der Waals surface area contributed by atoms with Crippen LogP contribution in [0, 0.1) is 0 Å². The lowest BCUT2D eigenvalue weighted by Crippen LogP contribution is -2.12. The maximum Gasteiger partial charge on any atom is 0.330 e. The molecule has 0 atom stereocenters. The third-order valence-corrected chi connectivity index (χ3v) is 2.52. The van der Waals surface area contributed by atoms with Gasteiger partial charge in [-0.25, -0.2) is 9.59 Å². The summed E-state index contributed by atoms with van der Waals surface area (Å²) >= 11 is 0. The molecule has 0 saturated heterocycles. The number of ether oxygens (including phenoxy) is 4. The van der Waals surface area contributed by atoms with Crippen LogP contribution in [0.1, 0.15) is 13.3 Å². The van der Waals surface area contributed by atoms with Crippen molar-refractivity contribution >= 4 is 11.9 Å². The Kier molecular flexibility index (Phi) is 11.9. The highest BCUT2D eigenvalue weighted by atomic mass is 16.6. The predicted molar refractivity (Wildman–Crippen MR) is 94.0 cm³/mol. The minimum atomic E-state index is -0.525. The standard InChI is InChI=1S/C18H25NO6/c1-5-8-16(23-10-12-25-18(21)7-3)15(19)13-14(4)22-9-11-24-17(20)6-2/h6-8,13H,2-5,9-12,19H2,1H3/b15-13+,16-8+. The number of hydrogen-bond acceptors (Lipinski definition) is 7. The quantitative estimate of drug-likeness (QED) is 0.178. The molecule has 0 aromatic carbocycles. The summed E-state index contributed by atoms with van der Waals surface area (Å²) in [5, 5.41) is 0. The van der Waals surface area contributed by atoms with Crippen LogP contribution < -0.4 is 5.73 Å². The highest BCUT2D eigenvalue weighted by molar-refractivity contribution is 5.81. The van der Waals surface area contributed by atoms with Gasteiger partial charge in [-0.3, -0.25) is 0 Å². The van der Waals surface area contributed by atoms with E-state index in [1.165, 1.54) is 6.08 Å². The van der Waals surface area contributed by atoms with Gasteiger partial charge in [-0.2, -0.15) is 0 Å². The molecule has 0 aliphatic carbocycles. The summed E-state index contributed by atoms with van der Waals surface area (Å²) in [6.07, 6.45) is 6.11. The molecule has 0 bridgehead atoms. The van der Waals surface area contributed by atoms with Gasteiger partial charge < -0.3 is 24.7 Å². The van der Waals surface area contributed by atoms with Crippen LogP contribution in [-0.2, 0) is 28.5 Å². The van der Waals surface area contributed by atoms with Crippen molar-refractivity contribution in [2.24, 2.45) is 5.73 Å². The maximum atomic E-state index is 10.9. The largest absolute Gasteiger partial charge is 0.491 e. The molecule has 0 spiro atoms. The molecule has 138 valence electrons. The first kappa shape index (κ1) is 22.0. The van der Waals surface area contributed by atoms with Crippen LogP contribution in [-0.4, -0.2) is 38.4 Å². The summed E-state index contributed by atoms with van der Waals surface area (Å²) in [5.41, 5.74) is 6.26. The second-order valence-electron chi connectivity index (χ2n) is 4.48. The Morgan fingerprint density at radius 1 is 0.920 bits per heavy atom. The van der Waals surface area contributed by atoms with E-state index < -0.39 is 11.9 Å². The van der Waals surface area contributed by atoms with Crippen molar-refractivity contribution in [3.63, 3.8) is 0 Å². The second-order valence-corrected chi connectivity index (χ2v) is 4.48. The van der Waals surface area contributed by atoms with E-state index in [4.69, 9.17) is 24.7 Å². The van der Waals surface area contributed by atoms with E-state index in [9.17, 15) is 9.59 Å². The van der Waals surface area contributed by atoms with Gasteiger partial charge in [0.2, 0.25) is 0 Å². The van der Waals surface area contributed by atoms with Crippen LogP contribution in [0.2, 0.25) is 0 Å². The Hall–Kier alpha value is -2.96. The van der Waals surface area contributed by atoms with Crippen molar-refractivity contribution in [2.45, 2.75) is 13.3 Å². The van der Waals surface area contributed by atoms with Gasteiger partial charge in [0.25, 0.3) is 0 Å². The summed E-state index contributed by atoms with van der Waals surface area (Å²) in [6, 6.07) is 0. The molecule has 0 saturated carbocycles. The van der Waals surface area contributed by atoms with Gasteiger partial charge in [-0.15, -0.1) is 0 Å². The number of allylic oxidation sites excluding steroid dienone is 2. The Morgan fingerprint density at radius 2 is 1.40 bits per heavy atom. The lowest BCUT2D eigenvalue weighted by Gasteiger charge is -2.12. The molecule has 0 radical (unpaired) electrons. The number of carbonyl (C=O) groups is 2. The van der Waals surface area contributed by atoms with Crippen LogP contribution in [0.4, 0.5) is 0 Å². The highest BCUT2D eigenvalue weighted by Crippen LogP contribution is 2.11. The first-order valence-electron chi connectivity index (χ1n) is 7.65. The number of carbonyl (C=O) groups excluding carboxylic acids is 2. The zero-order chi connectivity index (χ0) is 19.1. The van der Waals surface area contributed by atoms with Crippen LogP contribution in [0.25, 0.3) is 0 Å². The Balaban J connectivity index is 4.39. The van der Waals surface area contributed by atoms with Gasteiger partial charge in [0.1, 0.15) is 37.9 Å². The van der Waals surface area contributed by atoms with Gasteiger partial charge in [-0.1, -0.05) is 26.7 Å². The molecule has 0 aliphatic rings. The van der Waals surface area contributed by atoms with Crippen LogP contribution in [0.3, 0.4) is 0 Å². The third kappa shape index (κ3) is 11.2. The molecule has 7 nitrogen and oxygen atoms in total. The van der Waals surface area contributed by atoms with E-state index in [-0.39, 0.29) is 32.2 Å². The number of hydrogen-bond donors (Lipinski definition) is 1. The van der Waals surface area contributed by atoms with E-state index >= 15 is 0 Å². The summed E-state index contributed by atoms with van der Waals surface area (Å²) in [5.74, 6) is -0.328. The predicted octanol–water partition coefficient (Wildman–Crippen LogP) is 2.13. The van der Waals surface area contributed by atoms with Crippen molar-refractivity contribution in [1.29, 1.82) is 0 Å². The fourth-order valence-corrected chi connectivity index (χ4v) is 1.46. The van der Waals surface area contributed by atoms with Crippen LogP contribution in [0.15, 0.2) is 61.3 Å². The normalized spacial score (nSPS) is 11.2. The summed E-state index contributed by atoms with van der Waals surface area (Å²) in [7, 11) is 0. The highest BCUT2D eigenvalue weighted by Gasteiger charge is 2.05. The van der Waals surface area contributed by atoms with E-state index in [1.807, 2.05) is 6.92 Å². The molecule has 0 unspecified atom stereocenters. The summed E-state index contributed by atoms with van der Waals surface area (Å²) in [4.78, 5) is 21.8. The van der Waals surface area contributed by atoms with Gasteiger partial charge >= 0.3 is 11.9 Å². The second kappa shape index (κ2) is 13.5. The molecule has 0 aromatic heterocycles. The van der Waals surface area contributed by atoms with Crippen molar-refractivity contribution in [1.82, 2.24) is 0 Å².